The van der Waals surface area contributed by atoms with Crippen molar-refractivity contribution in [3.8, 4) is 6.07 Å². The maximum Gasteiger partial charge on any atom is 0.308 e. The van der Waals surface area contributed by atoms with Crippen LogP contribution in [0.3, 0.4) is 0 Å². The molecular weight excluding hydrogens is 350 g/mol. The van der Waals surface area contributed by atoms with Crippen LogP contribution in [0.15, 0.2) is 22.8 Å². The average molecular weight is 382 g/mol. The Bertz CT molecular complexity index is 814. The standard InChI is InChI=1S/C24H31NO3/c1-15(2)22(27)28-24(12-13-25)11-9-21-20-6-4-16-14-17(26)5-7-18(16)19(20)8-10-23(21,24)3/h14-15,20-21H,4-12H2,1-3H3/t20?,21?,23-,24+/m0/s1. The second-order valence-electron chi connectivity index (χ2n) is 9.75. The van der Waals surface area contributed by atoms with Crippen LogP contribution in [0.4, 0.5) is 0 Å². The summed E-state index contributed by atoms with van der Waals surface area (Å²) in [7, 11) is 0. The molecule has 4 nitrogen and oxygen atoms in total. The molecule has 4 rings (SSSR count). The van der Waals surface area contributed by atoms with Crippen molar-refractivity contribution in [2.75, 3.05) is 0 Å². The van der Waals surface area contributed by atoms with E-state index in [1.165, 1.54) is 11.1 Å². The molecule has 0 saturated heterocycles. The first-order chi connectivity index (χ1) is 13.3. The molecule has 0 aromatic heterocycles. The van der Waals surface area contributed by atoms with Crippen molar-refractivity contribution >= 4 is 11.8 Å². The van der Waals surface area contributed by atoms with Crippen molar-refractivity contribution in [2.24, 2.45) is 23.2 Å². The van der Waals surface area contributed by atoms with Gasteiger partial charge in [0, 0.05) is 11.8 Å². The molecule has 4 heteroatoms. The average Bonchev–Trinajstić information content (AvgIpc) is 2.94. The summed E-state index contributed by atoms with van der Waals surface area (Å²) in [5, 5.41) is 9.57. The molecule has 0 bridgehead atoms. The van der Waals surface area contributed by atoms with E-state index in [9.17, 15) is 14.9 Å². The highest BCUT2D eigenvalue weighted by molar-refractivity contribution is 5.93. The molecule has 2 unspecified atom stereocenters. The zero-order valence-electron chi connectivity index (χ0n) is 17.3. The van der Waals surface area contributed by atoms with Crippen molar-refractivity contribution in [3.63, 3.8) is 0 Å². The highest BCUT2D eigenvalue weighted by Crippen LogP contribution is 2.65. The number of allylic oxidation sites excluding steroid dienone is 4. The van der Waals surface area contributed by atoms with Gasteiger partial charge in [0.1, 0.15) is 5.60 Å². The number of nitriles is 1. The van der Waals surface area contributed by atoms with E-state index in [-0.39, 0.29) is 29.5 Å². The second-order valence-corrected chi connectivity index (χ2v) is 9.75. The number of rotatable bonds is 3. The Balaban J connectivity index is 1.69. The lowest BCUT2D eigenvalue weighted by molar-refractivity contribution is -0.181. The first-order valence-electron chi connectivity index (χ1n) is 10.9. The number of nitrogens with zero attached hydrogens (tertiary/aromatic N) is 1. The number of ether oxygens (including phenoxy) is 1. The minimum Gasteiger partial charge on any atom is -0.457 e. The third kappa shape index (κ3) is 2.78. The van der Waals surface area contributed by atoms with Gasteiger partial charge in [-0.2, -0.15) is 5.26 Å². The molecule has 4 atom stereocenters. The molecule has 28 heavy (non-hydrogen) atoms. The molecule has 0 spiro atoms. The summed E-state index contributed by atoms with van der Waals surface area (Å²) >= 11 is 0. The van der Waals surface area contributed by atoms with Crippen molar-refractivity contribution in [1.82, 2.24) is 0 Å². The molecule has 0 heterocycles. The number of hydrogen-bond acceptors (Lipinski definition) is 4. The second kappa shape index (κ2) is 6.87. The first-order valence-corrected chi connectivity index (χ1v) is 10.9. The lowest BCUT2D eigenvalue weighted by Crippen LogP contribution is -2.52. The highest BCUT2D eigenvalue weighted by Gasteiger charge is 2.63. The van der Waals surface area contributed by atoms with Crippen molar-refractivity contribution in [1.29, 1.82) is 5.26 Å². The van der Waals surface area contributed by atoms with Crippen LogP contribution in [0.5, 0.6) is 0 Å². The van der Waals surface area contributed by atoms with Crippen molar-refractivity contribution < 1.29 is 14.3 Å². The van der Waals surface area contributed by atoms with E-state index in [0.29, 0.717) is 18.3 Å². The fourth-order valence-electron chi connectivity index (χ4n) is 6.56. The Morgan fingerprint density at radius 3 is 2.75 bits per heavy atom. The molecule has 150 valence electrons. The number of ketones is 1. The summed E-state index contributed by atoms with van der Waals surface area (Å²) < 4.78 is 6.14. The molecule has 4 aliphatic carbocycles. The molecule has 2 fully saturated rings. The number of carbonyl (C=O) groups excluding carboxylic acids is 2. The molecule has 0 N–H and O–H groups in total. The van der Waals surface area contributed by atoms with Crippen molar-refractivity contribution in [3.05, 3.63) is 22.8 Å². The maximum absolute atomic E-state index is 12.5. The third-order valence-electron chi connectivity index (χ3n) is 8.15. The minimum absolute atomic E-state index is 0.145. The number of carbonyl (C=O) groups is 2. The zero-order chi connectivity index (χ0) is 20.1. The van der Waals surface area contributed by atoms with Crippen LogP contribution in [-0.4, -0.2) is 17.4 Å². The van der Waals surface area contributed by atoms with Gasteiger partial charge in [-0.3, -0.25) is 9.59 Å². The Kier molecular flexibility index (Phi) is 4.76. The third-order valence-corrected chi connectivity index (χ3v) is 8.15. The van der Waals surface area contributed by atoms with E-state index >= 15 is 0 Å². The van der Waals surface area contributed by atoms with E-state index in [0.717, 1.165) is 44.9 Å². The van der Waals surface area contributed by atoms with Gasteiger partial charge in [-0.25, -0.2) is 0 Å². The van der Waals surface area contributed by atoms with Gasteiger partial charge in [0.25, 0.3) is 0 Å². The largest absolute Gasteiger partial charge is 0.457 e. The number of fused-ring (bicyclic) bond motifs is 4. The summed E-state index contributed by atoms with van der Waals surface area (Å²) in [6.07, 6.45) is 9.55. The van der Waals surface area contributed by atoms with Crippen LogP contribution in [0.1, 0.15) is 78.6 Å². The van der Waals surface area contributed by atoms with Gasteiger partial charge in [-0.05, 0) is 74.0 Å². The predicted molar refractivity (Wildman–Crippen MR) is 106 cm³/mol. The predicted octanol–water partition coefficient (Wildman–Crippen LogP) is 5.04. The Morgan fingerprint density at radius 2 is 2.04 bits per heavy atom. The molecular formula is C24H31NO3. The van der Waals surface area contributed by atoms with Crippen LogP contribution < -0.4 is 0 Å². The van der Waals surface area contributed by atoms with Gasteiger partial charge in [0.15, 0.2) is 5.78 Å². The topological polar surface area (TPSA) is 67.2 Å². The summed E-state index contributed by atoms with van der Waals surface area (Å²) in [5.41, 5.74) is 3.50. The summed E-state index contributed by atoms with van der Waals surface area (Å²) in [4.78, 5) is 24.4. The molecule has 0 aliphatic heterocycles. The molecule has 0 amide bonds. The first kappa shape index (κ1) is 19.4. The Labute approximate surface area is 168 Å². The fraction of sp³-hybridized carbons (Fsp3) is 0.708. The summed E-state index contributed by atoms with van der Waals surface area (Å²) in [6.45, 7) is 5.99. The lowest BCUT2D eigenvalue weighted by atomic mass is 9.54. The van der Waals surface area contributed by atoms with Crippen LogP contribution >= 0.6 is 0 Å². The van der Waals surface area contributed by atoms with Gasteiger partial charge in [-0.15, -0.1) is 0 Å². The van der Waals surface area contributed by atoms with E-state index in [1.54, 1.807) is 5.57 Å². The molecule has 0 aromatic rings. The molecule has 4 aliphatic rings. The lowest BCUT2D eigenvalue weighted by Gasteiger charge is -2.52. The van der Waals surface area contributed by atoms with Gasteiger partial charge < -0.3 is 4.74 Å². The van der Waals surface area contributed by atoms with Gasteiger partial charge in [-0.1, -0.05) is 26.3 Å². The minimum atomic E-state index is -0.650. The van der Waals surface area contributed by atoms with E-state index in [2.05, 4.69) is 13.0 Å². The number of hydrogen-bond donors (Lipinski definition) is 0. The smallest absolute Gasteiger partial charge is 0.308 e. The van der Waals surface area contributed by atoms with Gasteiger partial charge in [0.05, 0.1) is 18.4 Å². The maximum atomic E-state index is 12.5. The molecule has 0 aromatic carbocycles. The number of esters is 1. The van der Waals surface area contributed by atoms with Crippen LogP contribution in [0.2, 0.25) is 0 Å². The van der Waals surface area contributed by atoms with Gasteiger partial charge >= 0.3 is 5.97 Å². The quantitative estimate of drug-likeness (QED) is 0.642. The Hall–Kier alpha value is -1.89. The van der Waals surface area contributed by atoms with Crippen LogP contribution in [0, 0.1) is 34.5 Å². The van der Waals surface area contributed by atoms with Crippen LogP contribution in [-0.2, 0) is 14.3 Å². The van der Waals surface area contributed by atoms with E-state index < -0.39 is 5.60 Å². The van der Waals surface area contributed by atoms with E-state index in [1.807, 2.05) is 19.9 Å². The molecule has 0 radical (unpaired) electrons. The van der Waals surface area contributed by atoms with Crippen LogP contribution in [0.25, 0.3) is 0 Å². The Morgan fingerprint density at radius 1 is 1.25 bits per heavy atom. The van der Waals surface area contributed by atoms with E-state index in [4.69, 9.17) is 4.74 Å². The normalized spacial score (nSPS) is 37.0. The fourth-order valence-corrected chi connectivity index (χ4v) is 6.56. The zero-order valence-corrected chi connectivity index (χ0v) is 17.3. The molecule has 2 saturated carbocycles. The van der Waals surface area contributed by atoms with Gasteiger partial charge in [0.2, 0.25) is 0 Å². The summed E-state index contributed by atoms with van der Waals surface area (Å²) in [6, 6.07) is 2.34. The SMILES string of the molecule is CC(C)C(=O)O[C@@]1(CC#N)CCC2C3CCC4=CC(=O)CCC4=C3CC[C@@]21C. The highest BCUT2D eigenvalue weighted by atomic mass is 16.6. The summed E-state index contributed by atoms with van der Waals surface area (Å²) in [5.74, 6) is 0.879. The monoisotopic (exact) mass is 381 g/mol. The van der Waals surface area contributed by atoms with Crippen molar-refractivity contribution in [2.45, 2.75) is 84.2 Å².